The van der Waals surface area contributed by atoms with Crippen LogP contribution in [-0.4, -0.2) is 29.6 Å². The van der Waals surface area contributed by atoms with Crippen LogP contribution >= 0.6 is 11.8 Å². The molecule has 0 aliphatic heterocycles. The first-order valence-electron chi connectivity index (χ1n) is 4.29. The number of rotatable bonds is 4. The Morgan fingerprint density at radius 3 is 2.46 bits per heavy atom. The van der Waals surface area contributed by atoms with Crippen molar-refractivity contribution >= 4 is 17.7 Å². The summed E-state index contributed by atoms with van der Waals surface area (Å²) in [5, 5.41) is 0. The number of ether oxygens (including phenoxy) is 1. The second-order valence-electron chi connectivity index (χ2n) is 3.87. The van der Waals surface area contributed by atoms with Crippen molar-refractivity contribution in [3.63, 3.8) is 0 Å². The fourth-order valence-corrected chi connectivity index (χ4v) is 1.20. The smallest absolute Gasteiger partial charge is 0.325 e. The SMILES string of the molecule is CSCC[C@H]([NH])C(=O)OC(C)(C)C. The van der Waals surface area contributed by atoms with Crippen molar-refractivity contribution in [1.29, 1.82) is 0 Å². The van der Waals surface area contributed by atoms with E-state index in [1.807, 2.05) is 27.0 Å². The fourth-order valence-electron chi connectivity index (χ4n) is 0.726. The maximum Gasteiger partial charge on any atom is 0.325 e. The van der Waals surface area contributed by atoms with Crippen LogP contribution in [0.2, 0.25) is 0 Å². The molecule has 0 unspecified atom stereocenters. The predicted molar refractivity (Wildman–Crippen MR) is 55.7 cm³/mol. The first-order chi connectivity index (χ1) is 5.87. The lowest BCUT2D eigenvalue weighted by Crippen LogP contribution is -2.32. The molecule has 0 saturated carbocycles. The second kappa shape index (κ2) is 5.50. The van der Waals surface area contributed by atoms with Gasteiger partial charge in [-0.15, -0.1) is 0 Å². The highest BCUT2D eigenvalue weighted by Gasteiger charge is 2.21. The van der Waals surface area contributed by atoms with Gasteiger partial charge in [-0.25, -0.2) is 5.73 Å². The van der Waals surface area contributed by atoms with E-state index < -0.39 is 17.6 Å². The van der Waals surface area contributed by atoms with Crippen LogP contribution < -0.4 is 5.73 Å². The Hall–Kier alpha value is -0.220. The van der Waals surface area contributed by atoms with Gasteiger partial charge in [0.1, 0.15) is 11.6 Å². The van der Waals surface area contributed by atoms with Crippen molar-refractivity contribution in [2.24, 2.45) is 0 Å². The van der Waals surface area contributed by atoms with Gasteiger partial charge in [0.2, 0.25) is 0 Å². The van der Waals surface area contributed by atoms with Gasteiger partial charge in [-0.05, 0) is 39.2 Å². The average molecular weight is 204 g/mol. The molecule has 0 aromatic carbocycles. The molecule has 1 atom stereocenters. The molecule has 1 N–H and O–H groups in total. The minimum atomic E-state index is -0.730. The zero-order chi connectivity index (χ0) is 10.5. The molecule has 0 heterocycles. The highest BCUT2D eigenvalue weighted by molar-refractivity contribution is 7.98. The Balaban J connectivity index is 3.83. The van der Waals surface area contributed by atoms with Gasteiger partial charge in [0.15, 0.2) is 0 Å². The van der Waals surface area contributed by atoms with E-state index in [1.54, 1.807) is 11.8 Å². The van der Waals surface area contributed by atoms with Crippen LogP contribution in [0.1, 0.15) is 27.2 Å². The summed E-state index contributed by atoms with van der Waals surface area (Å²) in [6.07, 6.45) is 2.53. The summed E-state index contributed by atoms with van der Waals surface area (Å²) < 4.78 is 5.06. The Labute approximate surface area is 84.4 Å². The van der Waals surface area contributed by atoms with E-state index in [2.05, 4.69) is 0 Å². The summed E-state index contributed by atoms with van der Waals surface area (Å²) in [4.78, 5) is 11.2. The predicted octanol–water partition coefficient (Wildman–Crippen LogP) is 1.73. The van der Waals surface area contributed by atoms with E-state index in [1.165, 1.54) is 0 Å². The molecule has 0 spiro atoms. The molecular weight excluding hydrogens is 186 g/mol. The minimum Gasteiger partial charge on any atom is -0.459 e. The average Bonchev–Trinajstić information content (AvgIpc) is 1.96. The Morgan fingerprint density at radius 2 is 2.08 bits per heavy atom. The molecule has 0 saturated heterocycles. The molecule has 4 heteroatoms. The number of hydrogen-bond donors (Lipinski definition) is 0. The third-order valence-corrected chi connectivity index (χ3v) is 1.95. The third kappa shape index (κ3) is 6.90. The lowest BCUT2D eigenvalue weighted by atomic mass is 10.2. The van der Waals surface area contributed by atoms with Crippen LogP contribution in [0, 0.1) is 0 Å². The lowest BCUT2D eigenvalue weighted by molar-refractivity contribution is -0.156. The summed E-state index contributed by atoms with van der Waals surface area (Å²) in [7, 11) is 0. The van der Waals surface area contributed by atoms with Crippen molar-refractivity contribution in [3.05, 3.63) is 0 Å². The zero-order valence-electron chi connectivity index (χ0n) is 8.72. The molecule has 0 aliphatic carbocycles. The van der Waals surface area contributed by atoms with Crippen LogP contribution in [0.4, 0.5) is 0 Å². The molecule has 0 aromatic heterocycles. The normalized spacial score (nSPS) is 13.9. The van der Waals surface area contributed by atoms with Gasteiger partial charge < -0.3 is 4.74 Å². The van der Waals surface area contributed by atoms with Crippen molar-refractivity contribution < 1.29 is 9.53 Å². The van der Waals surface area contributed by atoms with Crippen molar-refractivity contribution in [2.75, 3.05) is 12.0 Å². The third-order valence-electron chi connectivity index (χ3n) is 1.30. The zero-order valence-corrected chi connectivity index (χ0v) is 9.53. The van der Waals surface area contributed by atoms with Crippen LogP contribution in [0.15, 0.2) is 0 Å². The van der Waals surface area contributed by atoms with Gasteiger partial charge in [-0.2, -0.15) is 11.8 Å². The monoisotopic (exact) mass is 204 g/mol. The van der Waals surface area contributed by atoms with Gasteiger partial charge in [-0.1, -0.05) is 0 Å². The van der Waals surface area contributed by atoms with E-state index in [0.29, 0.717) is 6.42 Å². The van der Waals surface area contributed by atoms with E-state index in [0.717, 1.165) is 5.75 Å². The van der Waals surface area contributed by atoms with Crippen LogP contribution in [0.3, 0.4) is 0 Å². The number of hydrogen-bond acceptors (Lipinski definition) is 3. The molecule has 0 aromatic rings. The largest absolute Gasteiger partial charge is 0.459 e. The number of carbonyl (C=O) groups excluding carboxylic acids is 1. The molecule has 13 heavy (non-hydrogen) atoms. The Bertz CT molecular complexity index is 165. The van der Waals surface area contributed by atoms with Crippen LogP contribution in [-0.2, 0) is 9.53 Å². The maximum atomic E-state index is 11.2. The van der Waals surface area contributed by atoms with Crippen LogP contribution in [0.25, 0.3) is 0 Å². The highest BCUT2D eigenvalue weighted by atomic mass is 32.2. The van der Waals surface area contributed by atoms with Crippen LogP contribution in [0.5, 0.6) is 0 Å². The maximum absolute atomic E-state index is 11.2. The summed E-state index contributed by atoms with van der Waals surface area (Å²) in [5.74, 6) is 0.412. The van der Waals surface area contributed by atoms with E-state index >= 15 is 0 Å². The standard InChI is InChI=1S/C9H18NO2S/c1-9(2,3)12-8(11)7(10)5-6-13-4/h7,10H,5-6H2,1-4H3/t7-/m0/s1. The molecule has 0 bridgehead atoms. The van der Waals surface area contributed by atoms with E-state index in [4.69, 9.17) is 10.5 Å². The summed E-state index contributed by atoms with van der Waals surface area (Å²) >= 11 is 1.64. The molecule has 0 rings (SSSR count). The molecule has 0 aliphatic rings. The van der Waals surface area contributed by atoms with Gasteiger partial charge in [0, 0.05) is 0 Å². The fraction of sp³-hybridized carbons (Fsp3) is 0.889. The van der Waals surface area contributed by atoms with E-state index in [9.17, 15) is 4.79 Å². The molecule has 0 fully saturated rings. The Morgan fingerprint density at radius 1 is 1.54 bits per heavy atom. The molecule has 1 radical (unpaired) electrons. The molecule has 0 amide bonds. The van der Waals surface area contributed by atoms with Crippen molar-refractivity contribution in [1.82, 2.24) is 5.73 Å². The number of carbonyl (C=O) groups is 1. The summed E-state index contributed by atoms with van der Waals surface area (Å²) in [5.41, 5.74) is 7.00. The summed E-state index contributed by atoms with van der Waals surface area (Å²) in [6.45, 7) is 5.44. The first-order valence-corrected chi connectivity index (χ1v) is 5.69. The minimum absolute atomic E-state index is 0.415. The lowest BCUT2D eigenvalue weighted by Gasteiger charge is -2.21. The van der Waals surface area contributed by atoms with E-state index in [-0.39, 0.29) is 0 Å². The van der Waals surface area contributed by atoms with Crippen molar-refractivity contribution in [2.45, 2.75) is 38.8 Å². The quantitative estimate of drug-likeness (QED) is 0.655. The summed E-state index contributed by atoms with van der Waals surface area (Å²) in [6, 6.07) is -0.730. The number of thioether (sulfide) groups is 1. The topological polar surface area (TPSA) is 50.1 Å². The van der Waals surface area contributed by atoms with Gasteiger partial charge in [-0.3, -0.25) is 4.79 Å². The first kappa shape index (κ1) is 12.8. The highest BCUT2D eigenvalue weighted by Crippen LogP contribution is 2.10. The molecule has 3 nitrogen and oxygen atoms in total. The van der Waals surface area contributed by atoms with Gasteiger partial charge in [0.25, 0.3) is 0 Å². The Kier molecular flexibility index (Phi) is 5.40. The van der Waals surface area contributed by atoms with Gasteiger partial charge >= 0.3 is 5.97 Å². The number of esters is 1. The molecular formula is C9H18NO2S. The molecule has 77 valence electrons. The second-order valence-corrected chi connectivity index (χ2v) is 4.85. The number of nitrogens with one attached hydrogen (secondary N) is 1. The van der Waals surface area contributed by atoms with Gasteiger partial charge in [0.05, 0.1) is 0 Å². The van der Waals surface area contributed by atoms with Crippen molar-refractivity contribution in [3.8, 4) is 0 Å².